The molecule has 6 heteroatoms. The van der Waals surface area contributed by atoms with Crippen LogP contribution in [-0.2, 0) is 0 Å². The fraction of sp³-hybridized carbons (Fsp3) is 0. The number of hydrogen-bond donors (Lipinski definition) is 0. The molecule has 0 atom stereocenters. The van der Waals surface area contributed by atoms with Crippen molar-refractivity contribution in [3.05, 3.63) is 0 Å². The van der Waals surface area contributed by atoms with Crippen LogP contribution in [0.3, 0.4) is 0 Å². The van der Waals surface area contributed by atoms with Crippen molar-refractivity contribution >= 4 is 0 Å². The maximum atomic E-state index is 0. The van der Waals surface area contributed by atoms with Gasteiger partial charge in [-0.15, -0.1) is 0 Å². The maximum Gasteiger partial charge on any atom is 0 e. The van der Waals surface area contributed by atoms with E-state index in [1.165, 1.54) is 0 Å². The molecule has 0 saturated heterocycles. The van der Waals surface area contributed by atoms with E-state index in [9.17, 15) is 0 Å². The molecule has 0 amide bonds. The molecule has 0 aliphatic carbocycles. The quantitative estimate of drug-likeness (QED) is 0.365. The monoisotopic (exact) mass is 413 g/mol. The van der Waals surface area contributed by atoms with Gasteiger partial charge in [-0.2, -0.15) is 0 Å². The van der Waals surface area contributed by atoms with Crippen LogP contribution >= 0.6 is 0 Å². The summed E-state index contributed by atoms with van der Waals surface area (Å²) in [6.07, 6.45) is 0. The van der Waals surface area contributed by atoms with Crippen molar-refractivity contribution in [1.82, 2.24) is 0 Å². The van der Waals surface area contributed by atoms with E-state index in [0.29, 0.717) is 0 Å². The maximum absolute atomic E-state index is 0. The zero-order valence-corrected chi connectivity index (χ0v) is 9.48. The molecule has 0 radical (unpaired) electrons. The molecule has 0 unspecified atom stereocenters. The first-order valence-corrected chi connectivity index (χ1v) is 0. The Balaban J connectivity index is 0. The van der Waals surface area contributed by atoms with E-state index in [4.69, 9.17) is 0 Å². The third kappa shape index (κ3) is 32.0. The van der Waals surface area contributed by atoms with Gasteiger partial charge < -0.3 is 62.0 Å². The van der Waals surface area contributed by atoms with Crippen LogP contribution in [0.1, 0.15) is 0 Å². The molecular weight excluding hydrogens is 421 g/mol. The van der Waals surface area contributed by atoms with Crippen molar-refractivity contribution in [2.24, 2.45) is 0 Å². The molecule has 6 heavy (non-hydrogen) atoms. The molecule has 0 fully saturated rings. The van der Waals surface area contributed by atoms with Gasteiger partial charge in [0.1, 0.15) is 0 Å². The SMILES string of the molecule is [Cl-].[Cl-].[Cl-].[Cl-].[Cl-].[Pu]. The Morgan fingerprint density at radius 1 is 0.333 bits per heavy atom. The molecule has 0 spiro atoms. The van der Waals surface area contributed by atoms with Crippen LogP contribution in [0.25, 0.3) is 0 Å². The predicted molar refractivity (Wildman–Crippen MR) is 0 cm³/mol. The van der Waals surface area contributed by atoms with Crippen molar-refractivity contribution in [3.8, 4) is 0 Å². The van der Waals surface area contributed by atoms with Gasteiger partial charge in [0.15, 0.2) is 0 Å². The summed E-state index contributed by atoms with van der Waals surface area (Å²) >= 11 is 0. The van der Waals surface area contributed by atoms with E-state index >= 15 is 0 Å². The number of rotatable bonds is 0. The van der Waals surface area contributed by atoms with E-state index in [1.807, 2.05) is 0 Å². The van der Waals surface area contributed by atoms with E-state index in [0.717, 1.165) is 0 Å². The largest absolute Gasteiger partial charge is 1.00 e. The summed E-state index contributed by atoms with van der Waals surface area (Å²) in [5.41, 5.74) is 0. The summed E-state index contributed by atoms with van der Waals surface area (Å²) in [6, 6.07) is 0. The average Bonchev–Trinajstić information content (AvgIpc) is 0. The summed E-state index contributed by atoms with van der Waals surface area (Å²) in [7, 11) is 0. The van der Waals surface area contributed by atoms with Crippen molar-refractivity contribution < 1.29 is 91.2 Å². The molecule has 0 N–H and O–H groups in total. The molecule has 0 aliphatic heterocycles. The van der Waals surface area contributed by atoms with Crippen LogP contribution in [0.2, 0.25) is 0 Å². The van der Waals surface area contributed by atoms with Crippen LogP contribution in [0.15, 0.2) is 0 Å². The second-order valence-corrected chi connectivity index (χ2v) is 0. The summed E-state index contributed by atoms with van der Waals surface area (Å²) in [4.78, 5) is 0. The van der Waals surface area contributed by atoms with Crippen LogP contribution < -0.4 is 62.0 Å². The van der Waals surface area contributed by atoms with Gasteiger partial charge >= 0.3 is 0 Å². The Morgan fingerprint density at radius 2 is 0.333 bits per heavy atom. The van der Waals surface area contributed by atoms with Crippen LogP contribution in [0.5, 0.6) is 0 Å². The third-order valence-corrected chi connectivity index (χ3v) is 0. The summed E-state index contributed by atoms with van der Waals surface area (Å²) in [5.74, 6) is 0. The van der Waals surface area contributed by atoms with Gasteiger partial charge in [-0.1, -0.05) is 0 Å². The molecular formula is Cl5Pu-5. The number of halogens is 5. The van der Waals surface area contributed by atoms with Crippen LogP contribution in [0, 0.1) is 29.2 Å². The molecule has 0 aromatic heterocycles. The van der Waals surface area contributed by atoms with Crippen molar-refractivity contribution in [3.63, 3.8) is 0 Å². The molecule has 0 heterocycles. The summed E-state index contributed by atoms with van der Waals surface area (Å²) in [5, 5.41) is 0. The fourth-order valence-electron chi connectivity index (χ4n) is 0. The molecule has 46 valence electrons. The predicted octanol–water partition coefficient (Wildman–Crippen LogP) is -15.0. The average molecular weight is 421 g/mol. The van der Waals surface area contributed by atoms with Crippen molar-refractivity contribution in [2.45, 2.75) is 0 Å². The molecule has 0 bridgehead atoms. The van der Waals surface area contributed by atoms with Gasteiger partial charge in [0.2, 0.25) is 0 Å². The minimum absolute atomic E-state index is 0. The van der Waals surface area contributed by atoms with Gasteiger partial charge in [-0.05, 0) is 0 Å². The Morgan fingerprint density at radius 3 is 0.333 bits per heavy atom. The normalized spacial score (nSPS) is 0. The van der Waals surface area contributed by atoms with Gasteiger partial charge in [0.25, 0.3) is 0 Å². The molecule has 0 nitrogen and oxygen atoms in total. The minimum Gasteiger partial charge on any atom is -1.00 e. The number of hydrogen-bond acceptors (Lipinski definition) is 0. The van der Waals surface area contributed by atoms with Crippen LogP contribution in [0.4, 0.5) is 0 Å². The zero-order valence-electron chi connectivity index (χ0n) is 2.30. The van der Waals surface area contributed by atoms with E-state index in [1.54, 1.807) is 0 Å². The Kier molecular flexibility index (Phi) is 679. The second kappa shape index (κ2) is 51.9. The summed E-state index contributed by atoms with van der Waals surface area (Å²) < 4.78 is 0. The Hall–Kier alpha value is 2.44. The Labute approximate surface area is 90.2 Å². The topological polar surface area (TPSA) is 0 Å². The zero-order chi connectivity index (χ0) is 0. The van der Waals surface area contributed by atoms with E-state index in [2.05, 4.69) is 0 Å². The first-order chi connectivity index (χ1) is 0. The first-order valence-electron chi connectivity index (χ1n) is 0. The van der Waals surface area contributed by atoms with Gasteiger partial charge in [0.05, 0.1) is 0 Å². The molecule has 0 aromatic rings. The molecule has 0 aliphatic rings. The standard InChI is InChI=1S/5ClH.Pu/h5*1H;/p-5. The van der Waals surface area contributed by atoms with Gasteiger partial charge in [-0.25, -0.2) is 0 Å². The van der Waals surface area contributed by atoms with E-state index < -0.39 is 0 Å². The minimum atomic E-state index is 0. The smallest absolute Gasteiger partial charge is 0 e. The van der Waals surface area contributed by atoms with Gasteiger partial charge in [0, 0.05) is 29.2 Å². The first kappa shape index (κ1) is 78.6. The van der Waals surface area contributed by atoms with E-state index in [-0.39, 0.29) is 91.2 Å². The molecule has 0 rings (SSSR count). The van der Waals surface area contributed by atoms with Crippen molar-refractivity contribution in [1.29, 1.82) is 0 Å². The molecule has 0 aromatic carbocycles. The van der Waals surface area contributed by atoms with Crippen LogP contribution in [-0.4, -0.2) is 0 Å². The molecule has 0 saturated carbocycles. The van der Waals surface area contributed by atoms with Crippen molar-refractivity contribution in [2.75, 3.05) is 0 Å². The Bertz CT molecular complexity index is 3.90. The second-order valence-electron chi connectivity index (χ2n) is 0. The summed E-state index contributed by atoms with van der Waals surface area (Å²) in [6.45, 7) is 0. The third-order valence-electron chi connectivity index (χ3n) is 0. The fourth-order valence-corrected chi connectivity index (χ4v) is 0. The van der Waals surface area contributed by atoms with Gasteiger partial charge in [-0.3, -0.25) is 0 Å².